The summed E-state index contributed by atoms with van der Waals surface area (Å²) in [6.07, 6.45) is 2.47. The Morgan fingerprint density at radius 3 is 1.74 bits per heavy atom. The van der Waals surface area contributed by atoms with E-state index in [0.29, 0.717) is 29.5 Å². The maximum atomic E-state index is 12.3. The van der Waals surface area contributed by atoms with Gasteiger partial charge in [-0.2, -0.15) is 15.0 Å². The molecule has 39 heavy (non-hydrogen) atoms. The van der Waals surface area contributed by atoms with Gasteiger partial charge in [0.15, 0.2) is 5.82 Å². The molecule has 2 aliphatic heterocycles. The predicted molar refractivity (Wildman–Crippen MR) is 159 cm³/mol. The van der Waals surface area contributed by atoms with E-state index in [9.17, 15) is 4.79 Å². The van der Waals surface area contributed by atoms with Crippen LogP contribution >= 0.6 is 0 Å². The largest absolute Gasteiger partial charge is 0.376 e. The van der Waals surface area contributed by atoms with Crippen LogP contribution in [-0.2, 0) is 4.79 Å². The monoisotopic (exact) mass is 527 g/mol. The number of piperidine rings is 2. The number of para-hydroxylation sites is 1. The normalized spacial score (nSPS) is 23.4. The molecule has 2 N–H and O–H groups in total. The average molecular weight is 528 g/mol. The predicted octanol–water partition coefficient (Wildman–Crippen LogP) is 5.55. The van der Waals surface area contributed by atoms with Gasteiger partial charge in [-0.05, 0) is 72.9 Å². The van der Waals surface area contributed by atoms with Crippen LogP contribution in [0.4, 0.5) is 23.3 Å². The van der Waals surface area contributed by atoms with Gasteiger partial charge in [0.1, 0.15) is 0 Å². The molecule has 0 radical (unpaired) electrons. The summed E-state index contributed by atoms with van der Waals surface area (Å²) in [5.74, 6) is 4.59. The Kier molecular flexibility index (Phi) is 8.29. The second-order valence-electron chi connectivity index (χ2n) is 11.8. The Balaban J connectivity index is 1.35. The number of anilines is 4. The lowest BCUT2D eigenvalue weighted by Gasteiger charge is -2.37. The molecule has 4 atom stereocenters. The maximum absolute atomic E-state index is 12.3. The minimum Gasteiger partial charge on any atom is -0.376 e. The Morgan fingerprint density at radius 2 is 1.23 bits per heavy atom. The lowest BCUT2D eigenvalue weighted by molar-refractivity contribution is -0.114. The van der Waals surface area contributed by atoms with Crippen LogP contribution in [0.15, 0.2) is 54.6 Å². The van der Waals surface area contributed by atoms with Crippen molar-refractivity contribution in [3.05, 3.63) is 54.6 Å². The molecule has 3 aromatic rings. The standard InChI is InChI=1S/C31H41N7O/c1-21-14-22(2)18-37(17-21)30-34-29(35-31(36-30)38-19-23(3)15-24(4)20-38)25-10-12-26(13-11-25)32-16-28(39)33-27-8-6-5-7-9-27/h5-13,21-24,32H,14-20H2,1-4H3,(H,33,39). The van der Waals surface area contributed by atoms with Gasteiger partial charge in [-0.1, -0.05) is 45.9 Å². The molecule has 5 rings (SSSR count). The average Bonchev–Trinajstić information content (AvgIpc) is 2.91. The van der Waals surface area contributed by atoms with Crippen LogP contribution < -0.4 is 20.4 Å². The zero-order valence-electron chi connectivity index (χ0n) is 23.6. The number of hydrogen-bond donors (Lipinski definition) is 2. The highest BCUT2D eigenvalue weighted by Crippen LogP contribution is 2.30. The quantitative estimate of drug-likeness (QED) is 0.416. The molecule has 2 fully saturated rings. The lowest BCUT2D eigenvalue weighted by Crippen LogP contribution is -2.42. The minimum atomic E-state index is -0.0907. The van der Waals surface area contributed by atoms with E-state index in [-0.39, 0.29) is 12.5 Å². The number of carbonyl (C=O) groups excluding carboxylic acids is 1. The summed E-state index contributed by atoms with van der Waals surface area (Å²) in [6, 6.07) is 17.5. The highest BCUT2D eigenvalue weighted by Gasteiger charge is 2.28. The molecule has 2 saturated heterocycles. The molecule has 206 valence electrons. The third-order valence-electron chi connectivity index (χ3n) is 7.57. The molecule has 8 nitrogen and oxygen atoms in total. The van der Waals surface area contributed by atoms with Crippen molar-refractivity contribution in [2.24, 2.45) is 23.7 Å². The molecular formula is C31H41N7O. The summed E-state index contributed by atoms with van der Waals surface area (Å²) in [7, 11) is 0. The van der Waals surface area contributed by atoms with E-state index in [2.05, 4.69) is 48.1 Å². The summed E-state index contributed by atoms with van der Waals surface area (Å²) >= 11 is 0. The van der Waals surface area contributed by atoms with Crippen LogP contribution in [0.1, 0.15) is 40.5 Å². The minimum absolute atomic E-state index is 0.0907. The molecule has 1 amide bonds. The summed E-state index contributed by atoms with van der Waals surface area (Å²) in [5, 5.41) is 6.11. The summed E-state index contributed by atoms with van der Waals surface area (Å²) in [6.45, 7) is 13.3. The van der Waals surface area contributed by atoms with Crippen molar-refractivity contribution in [1.29, 1.82) is 0 Å². The van der Waals surface area contributed by atoms with Crippen molar-refractivity contribution < 1.29 is 4.79 Å². The third kappa shape index (κ3) is 7.05. The maximum Gasteiger partial charge on any atom is 0.243 e. The summed E-state index contributed by atoms with van der Waals surface area (Å²) < 4.78 is 0. The fourth-order valence-electron chi connectivity index (χ4n) is 6.06. The summed E-state index contributed by atoms with van der Waals surface area (Å²) in [5.41, 5.74) is 2.60. The SMILES string of the molecule is CC1CC(C)CN(c2nc(-c3ccc(NCC(=O)Nc4ccccc4)cc3)nc(N3CC(C)CC(C)C3)n2)C1. The number of benzene rings is 2. The molecular weight excluding hydrogens is 486 g/mol. The Morgan fingerprint density at radius 1 is 0.718 bits per heavy atom. The van der Waals surface area contributed by atoms with Gasteiger partial charge in [-0.3, -0.25) is 4.79 Å². The zero-order valence-corrected chi connectivity index (χ0v) is 23.6. The van der Waals surface area contributed by atoms with Crippen LogP contribution in [0, 0.1) is 23.7 Å². The number of rotatable bonds is 7. The van der Waals surface area contributed by atoms with E-state index < -0.39 is 0 Å². The van der Waals surface area contributed by atoms with Gasteiger partial charge < -0.3 is 20.4 Å². The second-order valence-corrected chi connectivity index (χ2v) is 11.8. The molecule has 2 aromatic carbocycles. The number of aromatic nitrogens is 3. The van der Waals surface area contributed by atoms with Crippen molar-refractivity contribution in [3.63, 3.8) is 0 Å². The van der Waals surface area contributed by atoms with Crippen LogP contribution in [-0.4, -0.2) is 53.6 Å². The smallest absolute Gasteiger partial charge is 0.243 e. The van der Waals surface area contributed by atoms with Crippen LogP contribution in [0.5, 0.6) is 0 Å². The van der Waals surface area contributed by atoms with E-state index in [1.807, 2.05) is 54.6 Å². The number of amides is 1. The first-order valence-electron chi connectivity index (χ1n) is 14.3. The molecule has 1 aromatic heterocycles. The second kappa shape index (κ2) is 12.0. The Labute approximate surface area is 232 Å². The summed E-state index contributed by atoms with van der Waals surface area (Å²) in [4.78, 5) is 32.0. The molecule has 3 heterocycles. The van der Waals surface area contributed by atoms with E-state index in [1.165, 1.54) is 12.8 Å². The Hall–Kier alpha value is -3.68. The fourth-order valence-corrected chi connectivity index (χ4v) is 6.06. The van der Waals surface area contributed by atoms with E-state index in [4.69, 9.17) is 15.0 Å². The highest BCUT2D eigenvalue weighted by molar-refractivity contribution is 5.93. The topological polar surface area (TPSA) is 86.3 Å². The first-order valence-corrected chi connectivity index (χ1v) is 14.3. The van der Waals surface area contributed by atoms with Gasteiger partial charge in [0.25, 0.3) is 0 Å². The van der Waals surface area contributed by atoms with Gasteiger partial charge in [0, 0.05) is 43.1 Å². The molecule has 2 aliphatic rings. The Bertz CT molecular complexity index is 1190. The first kappa shape index (κ1) is 26.9. The van der Waals surface area contributed by atoms with Crippen LogP contribution in [0.3, 0.4) is 0 Å². The molecule has 0 saturated carbocycles. The van der Waals surface area contributed by atoms with Crippen molar-refractivity contribution in [2.75, 3.05) is 53.2 Å². The van der Waals surface area contributed by atoms with E-state index >= 15 is 0 Å². The van der Waals surface area contributed by atoms with Gasteiger partial charge in [0.2, 0.25) is 17.8 Å². The van der Waals surface area contributed by atoms with Crippen LogP contribution in [0.25, 0.3) is 11.4 Å². The van der Waals surface area contributed by atoms with Gasteiger partial charge >= 0.3 is 0 Å². The number of nitrogens with zero attached hydrogens (tertiary/aromatic N) is 5. The first-order chi connectivity index (χ1) is 18.8. The number of carbonyl (C=O) groups is 1. The van der Waals surface area contributed by atoms with Gasteiger partial charge in [0.05, 0.1) is 6.54 Å². The zero-order chi connectivity index (χ0) is 27.4. The van der Waals surface area contributed by atoms with E-state index in [1.54, 1.807) is 0 Å². The molecule has 4 unspecified atom stereocenters. The van der Waals surface area contributed by atoms with Crippen molar-refractivity contribution in [1.82, 2.24) is 15.0 Å². The molecule has 0 spiro atoms. The van der Waals surface area contributed by atoms with Crippen molar-refractivity contribution in [2.45, 2.75) is 40.5 Å². The molecule has 8 heteroatoms. The molecule has 0 bridgehead atoms. The number of nitrogens with one attached hydrogen (secondary N) is 2. The van der Waals surface area contributed by atoms with Crippen molar-refractivity contribution in [3.8, 4) is 11.4 Å². The van der Waals surface area contributed by atoms with Gasteiger partial charge in [-0.25, -0.2) is 0 Å². The lowest BCUT2D eigenvalue weighted by atomic mass is 9.92. The van der Waals surface area contributed by atoms with Crippen LogP contribution in [0.2, 0.25) is 0 Å². The third-order valence-corrected chi connectivity index (χ3v) is 7.57. The van der Waals surface area contributed by atoms with E-state index in [0.717, 1.165) is 55.0 Å². The number of hydrogen-bond acceptors (Lipinski definition) is 7. The highest BCUT2D eigenvalue weighted by atomic mass is 16.1. The fraction of sp³-hybridized carbons (Fsp3) is 0.484. The molecule has 0 aliphatic carbocycles. The van der Waals surface area contributed by atoms with Gasteiger partial charge in [-0.15, -0.1) is 0 Å². The van der Waals surface area contributed by atoms with Crippen molar-refractivity contribution >= 4 is 29.2 Å².